The fraction of sp³-hybridized carbons (Fsp3) is 0.833. The summed E-state index contributed by atoms with van der Waals surface area (Å²) in [6, 6.07) is 0.612. The summed E-state index contributed by atoms with van der Waals surface area (Å²) in [4.78, 5) is 44.7. The number of nitrogens with one attached hydrogen (secondary N) is 4. The second kappa shape index (κ2) is 15.1. The number of nitrogens with zero attached hydrogens (tertiary/aromatic N) is 2. The predicted molar refractivity (Wildman–Crippen MR) is 155 cm³/mol. The molecule has 3 aliphatic carbocycles. The number of alkyl halides is 2. The quantitative estimate of drug-likeness (QED) is 0.317. The Morgan fingerprint density at radius 2 is 1.71 bits per heavy atom. The Bertz CT molecular complexity index is 965. The van der Waals surface area contributed by atoms with Crippen LogP contribution in [0.5, 0.6) is 0 Å². The molecule has 42 heavy (non-hydrogen) atoms. The van der Waals surface area contributed by atoms with Crippen molar-refractivity contribution in [2.75, 3.05) is 26.7 Å². The van der Waals surface area contributed by atoms with Gasteiger partial charge in [0.2, 0.25) is 24.6 Å². The molecule has 5 rings (SSSR count). The van der Waals surface area contributed by atoms with Crippen LogP contribution < -0.4 is 21.3 Å². The average molecular weight is 597 g/mol. The fourth-order valence-corrected chi connectivity index (χ4v) is 6.01. The zero-order valence-electron chi connectivity index (χ0n) is 26.0. The van der Waals surface area contributed by atoms with Crippen molar-refractivity contribution in [3.8, 4) is 6.07 Å². The fourth-order valence-electron chi connectivity index (χ4n) is 6.01. The summed E-state index contributed by atoms with van der Waals surface area (Å²) in [5, 5.41) is 19.1. The molecule has 3 saturated carbocycles. The Labute approximate surface area is 249 Å². The summed E-state index contributed by atoms with van der Waals surface area (Å²) in [6.07, 6.45) is 5.42. The molecule has 5 aliphatic rings. The van der Waals surface area contributed by atoms with Gasteiger partial charge in [-0.25, -0.2) is 8.78 Å². The number of piperidine rings is 1. The van der Waals surface area contributed by atoms with Crippen molar-refractivity contribution in [2.24, 2.45) is 29.1 Å². The lowest BCUT2D eigenvalue weighted by Gasteiger charge is -2.25. The third-order valence-electron chi connectivity index (χ3n) is 8.80. The molecule has 0 radical (unpaired) electrons. The maximum absolute atomic E-state index is 13.4. The minimum atomic E-state index is -2.64. The van der Waals surface area contributed by atoms with Crippen molar-refractivity contribution < 1.29 is 28.0 Å². The van der Waals surface area contributed by atoms with Gasteiger partial charge < -0.3 is 26.2 Å². The molecule has 2 heterocycles. The smallest absolute Gasteiger partial charge is 0.263 e. The van der Waals surface area contributed by atoms with Gasteiger partial charge in [0.1, 0.15) is 6.04 Å². The third-order valence-corrected chi connectivity index (χ3v) is 8.80. The van der Waals surface area contributed by atoms with Gasteiger partial charge in [0.25, 0.3) is 5.92 Å². The highest BCUT2D eigenvalue weighted by atomic mass is 19.3. The minimum absolute atomic E-state index is 0.0225. The molecule has 5 atom stereocenters. The number of hydrogen-bond donors (Lipinski definition) is 4. The van der Waals surface area contributed by atoms with Crippen LogP contribution in [0.15, 0.2) is 0 Å². The highest BCUT2D eigenvalue weighted by molar-refractivity contribution is 5.83. The molecular weight excluding hydrogens is 546 g/mol. The topological polar surface area (TPSA) is 143 Å². The van der Waals surface area contributed by atoms with Crippen LogP contribution in [-0.2, 0) is 19.2 Å². The van der Waals surface area contributed by atoms with Crippen LogP contribution in [0, 0.1) is 40.4 Å². The van der Waals surface area contributed by atoms with Gasteiger partial charge in [0.15, 0.2) is 0 Å². The summed E-state index contributed by atoms with van der Waals surface area (Å²) >= 11 is 0. The molecule has 0 bridgehead atoms. The number of amides is 4. The van der Waals surface area contributed by atoms with Gasteiger partial charge >= 0.3 is 0 Å². The van der Waals surface area contributed by atoms with Crippen LogP contribution in [0.2, 0.25) is 0 Å². The van der Waals surface area contributed by atoms with Gasteiger partial charge in [-0.1, -0.05) is 34.6 Å². The number of carbonyl (C=O) groups is 4. The van der Waals surface area contributed by atoms with E-state index in [1.54, 1.807) is 7.05 Å². The first-order valence-electron chi connectivity index (χ1n) is 15.1. The Hall–Kier alpha value is -2.81. The Morgan fingerprint density at radius 3 is 2.12 bits per heavy atom. The number of carbonyl (C=O) groups excluding carboxylic acids is 4. The second-order valence-electron chi connectivity index (χ2n) is 13.4. The number of fused-ring (bicyclic) bond motifs is 1. The van der Waals surface area contributed by atoms with E-state index < -0.39 is 18.0 Å². The molecule has 10 nitrogen and oxygen atoms in total. The summed E-state index contributed by atoms with van der Waals surface area (Å²) < 4.78 is 26.8. The van der Waals surface area contributed by atoms with Crippen molar-refractivity contribution in [1.82, 2.24) is 26.2 Å². The van der Waals surface area contributed by atoms with E-state index in [4.69, 9.17) is 10.1 Å². The SMILES string of the molecule is CC(C)C.CC1(C)C2CN(C(=O)CNC3CCCC3(F)F)CC21.CNC=O.N#CC(CC1CC2(CC2)NC1=O)NC=O. The van der Waals surface area contributed by atoms with Gasteiger partial charge in [-0.05, 0) is 61.7 Å². The third kappa shape index (κ3) is 9.89. The predicted octanol–water partition coefficient (Wildman–Crippen LogP) is 2.59. The lowest BCUT2D eigenvalue weighted by Crippen LogP contribution is -2.46. The Balaban J connectivity index is 0.000000238. The van der Waals surface area contributed by atoms with E-state index in [0.717, 1.165) is 38.3 Å². The van der Waals surface area contributed by atoms with Crippen LogP contribution in [0.25, 0.3) is 0 Å². The molecule has 0 aromatic rings. The van der Waals surface area contributed by atoms with Crippen LogP contribution in [0.3, 0.4) is 0 Å². The highest BCUT2D eigenvalue weighted by Gasteiger charge is 2.62. The van der Waals surface area contributed by atoms with E-state index in [1.165, 1.54) is 0 Å². The molecule has 0 aromatic carbocycles. The molecule has 5 fully saturated rings. The first-order chi connectivity index (χ1) is 19.7. The number of likely N-dealkylation sites (tertiary alicyclic amines) is 1. The van der Waals surface area contributed by atoms with E-state index in [9.17, 15) is 23.2 Å². The molecule has 4 N–H and O–H groups in total. The number of nitriles is 1. The summed E-state index contributed by atoms with van der Waals surface area (Å²) in [5.74, 6) is -0.695. The van der Waals surface area contributed by atoms with E-state index in [0.29, 0.717) is 49.3 Å². The van der Waals surface area contributed by atoms with Gasteiger partial charge in [0, 0.05) is 38.0 Å². The molecule has 0 aromatic heterocycles. The monoisotopic (exact) mass is 596 g/mol. The number of halogens is 2. The lowest BCUT2D eigenvalue weighted by molar-refractivity contribution is -0.130. The molecule has 4 amide bonds. The van der Waals surface area contributed by atoms with Crippen LogP contribution >= 0.6 is 0 Å². The molecule has 1 spiro atoms. The molecular formula is C30H50F2N6O4. The first kappa shape index (κ1) is 35.4. The standard InChI is InChI=1S/C14H22F2N2O.C10H13N3O2.C4H10.C2H5NO/c1-13(2)9-7-18(8-10(9)13)12(19)6-17-11-4-3-5-14(11,15)16;11-5-8(12-6-14)3-7-4-10(1-2-10)13-9(7)15;1-4(2)3;1-3-2-4/h9-11,17H,3-8H2,1-2H3;6-8H,1-4H2,(H,12,14)(H,13,15);4H,1-3H3;2H,1H3,(H,3,4). The average Bonchev–Trinajstić information content (AvgIpc) is 3.49. The van der Waals surface area contributed by atoms with Crippen molar-refractivity contribution in [3.05, 3.63) is 0 Å². The first-order valence-corrected chi connectivity index (χ1v) is 15.1. The Morgan fingerprint density at radius 1 is 1.14 bits per heavy atom. The molecule has 2 aliphatic heterocycles. The minimum Gasteiger partial charge on any atom is -0.362 e. The van der Waals surface area contributed by atoms with Crippen LogP contribution in [-0.4, -0.2) is 79.8 Å². The Kier molecular flexibility index (Phi) is 12.7. The lowest BCUT2D eigenvalue weighted by atomic mass is 9.96. The second-order valence-corrected chi connectivity index (χ2v) is 13.4. The van der Waals surface area contributed by atoms with Crippen molar-refractivity contribution >= 4 is 24.6 Å². The van der Waals surface area contributed by atoms with Crippen molar-refractivity contribution in [1.29, 1.82) is 5.26 Å². The van der Waals surface area contributed by atoms with Crippen LogP contribution in [0.1, 0.15) is 79.6 Å². The van der Waals surface area contributed by atoms with Crippen LogP contribution in [0.4, 0.5) is 8.78 Å². The summed E-state index contributed by atoms with van der Waals surface area (Å²) in [7, 11) is 1.56. The maximum Gasteiger partial charge on any atom is 0.263 e. The van der Waals surface area contributed by atoms with Gasteiger partial charge in [-0.3, -0.25) is 19.2 Å². The van der Waals surface area contributed by atoms with Crippen molar-refractivity contribution in [3.63, 3.8) is 0 Å². The molecule has 2 saturated heterocycles. The van der Waals surface area contributed by atoms with Crippen molar-refractivity contribution in [2.45, 2.75) is 103 Å². The van der Waals surface area contributed by atoms with E-state index >= 15 is 0 Å². The number of rotatable bonds is 8. The molecule has 238 valence electrons. The van der Waals surface area contributed by atoms with E-state index in [-0.39, 0.29) is 36.2 Å². The zero-order chi connectivity index (χ0) is 31.7. The molecule has 12 heteroatoms. The summed E-state index contributed by atoms with van der Waals surface area (Å²) in [5.41, 5.74) is 0.422. The van der Waals surface area contributed by atoms with Gasteiger partial charge in [-0.15, -0.1) is 0 Å². The highest BCUT2D eigenvalue weighted by Crippen LogP contribution is 2.61. The zero-order valence-corrected chi connectivity index (χ0v) is 26.0. The van der Waals surface area contributed by atoms with E-state index in [2.05, 4.69) is 55.9 Å². The largest absolute Gasteiger partial charge is 0.362 e. The van der Waals surface area contributed by atoms with Gasteiger partial charge in [-0.2, -0.15) is 5.26 Å². The normalized spacial score (nSPS) is 28.7. The van der Waals surface area contributed by atoms with Gasteiger partial charge in [0.05, 0.1) is 18.7 Å². The summed E-state index contributed by atoms with van der Waals surface area (Å²) in [6.45, 7) is 12.6. The number of hydrogen-bond acceptors (Lipinski definition) is 6. The maximum atomic E-state index is 13.4. The van der Waals surface area contributed by atoms with E-state index in [1.807, 2.05) is 11.0 Å². The molecule has 5 unspecified atom stereocenters.